The lowest BCUT2D eigenvalue weighted by Crippen LogP contribution is -2.36. The van der Waals surface area contributed by atoms with E-state index in [2.05, 4.69) is 10.1 Å². The van der Waals surface area contributed by atoms with Crippen LogP contribution in [0.3, 0.4) is 0 Å². The maximum absolute atomic E-state index is 12.9. The molecule has 0 aliphatic rings. The van der Waals surface area contributed by atoms with Crippen molar-refractivity contribution in [3.8, 4) is 11.5 Å². The fraction of sp³-hybridized carbons (Fsp3) is 0.524. The van der Waals surface area contributed by atoms with Gasteiger partial charge in [0.2, 0.25) is 11.8 Å². The van der Waals surface area contributed by atoms with Crippen LogP contribution in [-0.4, -0.2) is 54.8 Å². The summed E-state index contributed by atoms with van der Waals surface area (Å²) in [5.41, 5.74) is 0.518. The highest BCUT2D eigenvalue weighted by molar-refractivity contribution is 5.82. The van der Waals surface area contributed by atoms with Gasteiger partial charge in [-0.2, -0.15) is 4.98 Å². The summed E-state index contributed by atoms with van der Waals surface area (Å²) in [4.78, 5) is 30.5. The molecule has 0 saturated heterocycles. The second-order valence-electron chi connectivity index (χ2n) is 7.81. The van der Waals surface area contributed by atoms with Gasteiger partial charge in [0.15, 0.2) is 5.82 Å². The molecule has 0 unspecified atom stereocenters. The Bertz CT molecular complexity index is 850. The highest BCUT2D eigenvalue weighted by Crippen LogP contribution is 2.24. The van der Waals surface area contributed by atoms with Crippen LogP contribution >= 0.6 is 0 Å². The highest BCUT2D eigenvalue weighted by atomic mass is 16.5. The minimum absolute atomic E-state index is 0.115. The van der Waals surface area contributed by atoms with E-state index in [0.717, 1.165) is 5.56 Å². The van der Waals surface area contributed by atoms with Crippen LogP contribution in [0.1, 0.15) is 44.5 Å². The van der Waals surface area contributed by atoms with Crippen molar-refractivity contribution in [3.05, 3.63) is 35.5 Å². The lowest BCUT2D eigenvalue weighted by molar-refractivity contribution is -0.147. The smallest absolute Gasteiger partial charge is 0.325 e. The van der Waals surface area contributed by atoms with E-state index < -0.39 is 5.97 Å². The standard InChI is InChI=1S/C21H29N3O6/c1-21(2,3)20-22-17(30-23-20)7-8-18(25)24(13-19(26)29-6)12-14-9-15(27-4)11-16(10-14)28-5/h9-11H,7-8,12-13H2,1-6H3. The second-order valence-corrected chi connectivity index (χ2v) is 7.81. The van der Waals surface area contributed by atoms with E-state index in [1.807, 2.05) is 20.8 Å². The van der Waals surface area contributed by atoms with Crippen LogP contribution in [0.15, 0.2) is 22.7 Å². The maximum Gasteiger partial charge on any atom is 0.325 e. The Morgan fingerprint density at radius 2 is 1.70 bits per heavy atom. The van der Waals surface area contributed by atoms with E-state index in [9.17, 15) is 9.59 Å². The molecule has 1 amide bonds. The van der Waals surface area contributed by atoms with E-state index in [-0.39, 0.29) is 37.3 Å². The van der Waals surface area contributed by atoms with Crippen LogP contribution in [0.2, 0.25) is 0 Å². The van der Waals surface area contributed by atoms with Gasteiger partial charge in [0.05, 0.1) is 21.3 Å². The SMILES string of the molecule is COC(=O)CN(Cc1cc(OC)cc(OC)c1)C(=O)CCc1nc(C(C)(C)C)no1. The van der Waals surface area contributed by atoms with Crippen LogP contribution in [-0.2, 0) is 32.7 Å². The van der Waals surface area contributed by atoms with E-state index in [4.69, 9.17) is 18.7 Å². The summed E-state index contributed by atoms with van der Waals surface area (Å²) in [6.07, 6.45) is 0.394. The first-order chi connectivity index (χ1) is 14.2. The van der Waals surface area contributed by atoms with Crippen molar-refractivity contribution in [2.75, 3.05) is 27.9 Å². The van der Waals surface area contributed by atoms with Crippen molar-refractivity contribution in [2.45, 2.75) is 45.6 Å². The molecule has 0 aliphatic heterocycles. The third-order valence-corrected chi connectivity index (χ3v) is 4.38. The predicted molar refractivity (Wildman–Crippen MR) is 108 cm³/mol. The number of ether oxygens (including phenoxy) is 3. The molecule has 0 saturated carbocycles. The third kappa shape index (κ3) is 6.47. The monoisotopic (exact) mass is 419 g/mol. The van der Waals surface area contributed by atoms with Gasteiger partial charge in [-0.25, -0.2) is 0 Å². The molecule has 164 valence electrons. The third-order valence-electron chi connectivity index (χ3n) is 4.38. The maximum atomic E-state index is 12.9. The first kappa shape index (κ1) is 23.2. The van der Waals surface area contributed by atoms with E-state index >= 15 is 0 Å². The van der Waals surface area contributed by atoms with Gasteiger partial charge in [0.1, 0.15) is 18.0 Å². The fourth-order valence-corrected chi connectivity index (χ4v) is 2.66. The number of methoxy groups -OCH3 is 3. The summed E-state index contributed by atoms with van der Waals surface area (Å²) in [5.74, 6) is 1.41. The zero-order chi connectivity index (χ0) is 22.3. The second kappa shape index (κ2) is 10.1. The summed E-state index contributed by atoms with van der Waals surface area (Å²) in [5, 5.41) is 3.96. The van der Waals surface area contributed by atoms with Gasteiger partial charge in [-0.1, -0.05) is 25.9 Å². The molecule has 30 heavy (non-hydrogen) atoms. The number of hydrogen-bond donors (Lipinski definition) is 0. The van der Waals surface area contributed by atoms with E-state index in [1.165, 1.54) is 12.0 Å². The van der Waals surface area contributed by atoms with Crippen LogP contribution in [0.4, 0.5) is 0 Å². The van der Waals surface area contributed by atoms with E-state index in [1.54, 1.807) is 32.4 Å². The van der Waals surface area contributed by atoms with Crippen molar-refractivity contribution in [2.24, 2.45) is 0 Å². The zero-order valence-corrected chi connectivity index (χ0v) is 18.4. The first-order valence-corrected chi connectivity index (χ1v) is 9.56. The average Bonchev–Trinajstić information content (AvgIpc) is 3.20. The quantitative estimate of drug-likeness (QED) is 0.571. The topological polar surface area (TPSA) is 104 Å². The molecular weight excluding hydrogens is 390 g/mol. The summed E-state index contributed by atoms with van der Waals surface area (Å²) < 4.78 is 20.5. The van der Waals surface area contributed by atoms with Gasteiger partial charge >= 0.3 is 5.97 Å². The van der Waals surface area contributed by atoms with Gasteiger partial charge < -0.3 is 23.6 Å². The van der Waals surface area contributed by atoms with Crippen LogP contribution in [0.25, 0.3) is 0 Å². The Kier molecular flexibility index (Phi) is 7.79. The summed E-state index contributed by atoms with van der Waals surface area (Å²) >= 11 is 0. The minimum atomic E-state index is -0.508. The number of nitrogens with zero attached hydrogens (tertiary/aromatic N) is 3. The summed E-state index contributed by atoms with van der Waals surface area (Å²) in [7, 11) is 4.38. The molecule has 0 radical (unpaired) electrons. The molecule has 2 aromatic rings. The average molecular weight is 419 g/mol. The molecule has 9 heteroatoms. The molecule has 1 aromatic carbocycles. The Balaban J connectivity index is 2.13. The number of hydrogen-bond acceptors (Lipinski definition) is 8. The van der Waals surface area contributed by atoms with Crippen molar-refractivity contribution >= 4 is 11.9 Å². The summed E-state index contributed by atoms with van der Waals surface area (Å²) in [6, 6.07) is 5.31. The molecular formula is C21H29N3O6. The molecule has 0 fully saturated rings. The van der Waals surface area contributed by atoms with Crippen LogP contribution in [0, 0.1) is 0 Å². The zero-order valence-electron chi connectivity index (χ0n) is 18.4. The van der Waals surface area contributed by atoms with Crippen molar-refractivity contribution < 1.29 is 28.3 Å². The number of amides is 1. The minimum Gasteiger partial charge on any atom is -0.497 e. The predicted octanol–water partition coefficient (Wildman–Crippen LogP) is 2.52. The van der Waals surface area contributed by atoms with Crippen molar-refractivity contribution in [1.29, 1.82) is 0 Å². The van der Waals surface area contributed by atoms with Crippen LogP contribution < -0.4 is 9.47 Å². The molecule has 0 aliphatic carbocycles. The van der Waals surface area contributed by atoms with Gasteiger partial charge in [0, 0.05) is 30.9 Å². The number of carbonyl (C=O) groups excluding carboxylic acids is 2. The largest absolute Gasteiger partial charge is 0.497 e. The van der Waals surface area contributed by atoms with Crippen LogP contribution in [0.5, 0.6) is 11.5 Å². The molecule has 0 N–H and O–H groups in total. The molecule has 0 atom stereocenters. The lowest BCUT2D eigenvalue weighted by atomic mass is 9.96. The van der Waals surface area contributed by atoms with Crippen molar-refractivity contribution in [3.63, 3.8) is 0 Å². The number of aromatic nitrogens is 2. The number of esters is 1. The number of carbonyl (C=O) groups is 2. The summed E-state index contributed by atoms with van der Waals surface area (Å²) in [6.45, 7) is 5.96. The Labute approximate surface area is 176 Å². The number of rotatable bonds is 9. The molecule has 1 aromatic heterocycles. The molecule has 2 rings (SSSR count). The molecule has 1 heterocycles. The highest BCUT2D eigenvalue weighted by Gasteiger charge is 2.23. The van der Waals surface area contributed by atoms with Gasteiger partial charge in [-0.15, -0.1) is 0 Å². The number of aryl methyl sites for hydroxylation is 1. The van der Waals surface area contributed by atoms with E-state index in [0.29, 0.717) is 23.2 Å². The normalized spacial score (nSPS) is 11.1. The van der Waals surface area contributed by atoms with Gasteiger partial charge in [0.25, 0.3) is 0 Å². The molecule has 9 nitrogen and oxygen atoms in total. The fourth-order valence-electron chi connectivity index (χ4n) is 2.66. The van der Waals surface area contributed by atoms with Gasteiger partial charge in [-0.05, 0) is 17.7 Å². The van der Waals surface area contributed by atoms with Crippen molar-refractivity contribution in [1.82, 2.24) is 15.0 Å². The molecule has 0 spiro atoms. The first-order valence-electron chi connectivity index (χ1n) is 9.56. The lowest BCUT2D eigenvalue weighted by Gasteiger charge is -2.22. The Morgan fingerprint density at radius 3 is 2.20 bits per heavy atom. The number of benzene rings is 1. The van der Waals surface area contributed by atoms with Gasteiger partial charge in [-0.3, -0.25) is 9.59 Å². The molecule has 0 bridgehead atoms. The Hall–Kier alpha value is -3.10. The Morgan fingerprint density at radius 1 is 1.07 bits per heavy atom.